The van der Waals surface area contributed by atoms with Crippen LogP contribution in [0.1, 0.15) is 34.5 Å². The van der Waals surface area contributed by atoms with Crippen LogP contribution in [0.4, 0.5) is 13.2 Å². The molecule has 0 aliphatic carbocycles. The molecule has 1 aromatic rings. The summed E-state index contributed by atoms with van der Waals surface area (Å²) < 4.78 is 39.0. The first-order valence-corrected chi connectivity index (χ1v) is 6.14. The van der Waals surface area contributed by atoms with Crippen LogP contribution in [0, 0.1) is 0 Å². The largest absolute Gasteiger partial charge is 0.417 e. The summed E-state index contributed by atoms with van der Waals surface area (Å²) in [7, 11) is 0. The van der Waals surface area contributed by atoms with E-state index in [1.165, 1.54) is 6.07 Å². The monoisotopic (exact) mass is 270 g/mol. The highest BCUT2D eigenvalue weighted by atomic mass is 19.4. The van der Waals surface area contributed by atoms with Gasteiger partial charge in [0.2, 0.25) is 0 Å². The molecular weight excluding hydrogens is 257 g/mol. The molecule has 0 saturated carbocycles. The first-order valence-electron chi connectivity index (χ1n) is 6.14. The van der Waals surface area contributed by atoms with Crippen molar-refractivity contribution in [3.63, 3.8) is 0 Å². The van der Waals surface area contributed by atoms with Crippen molar-refractivity contribution >= 4 is 5.91 Å². The van der Waals surface area contributed by atoms with Gasteiger partial charge < -0.3 is 10.2 Å². The van der Waals surface area contributed by atoms with E-state index in [1.807, 2.05) is 6.92 Å². The number of amides is 1. The van der Waals surface area contributed by atoms with Crippen molar-refractivity contribution in [3.8, 4) is 0 Å². The number of fused-ring (bicyclic) bond motifs is 3. The molecule has 0 spiro atoms. The van der Waals surface area contributed by atoms with Crippen molar-refractivity contribution < 1.29 is 18.0 Å². The third-order valence-electron chi connectivity index (χ3n) is 3.80. The molecule has 2 heterocycles. The molecule has 0 radical (unpaired) electrons. The van der Waals surface area contributed by atoms with Gasteiger partial charge in [0.25, 0.3) is 5.91 Å². The van der Waals surface area contributed by atoms with E-state index < -0.39 is 17.6 Å². The fourth-order valence-corrected chi connectivity index (χ4v) is 2.99. The van der Waals surface area contributed by atoms with Gasteiger partial charge in [0, 0.05) is 19.1 Å². The lowest BCUT2D eigenvalue weighted by atomic mass is 9.98. The molecule has 1 amide bonds. The van der Waals surface area contributed by atoms with Crippen LogP contribution in [-0.4, -0.2) is 29.9 Å². The Morgan fingerprint density at radius 3 is 2.74 bits per heavy atom. The van der Waals surface area contributed by atoms with E-state index in [1.54, 1.807) is 11.0 Å². The molecule has 0 aromatic heterocycles. The summed E-state index contributed by atoms with van der Waals surface area (Å²) in [5.74, 6) is -0.498. The summed E-state index contributed by atoms with van der Waals surface area (Å²) in [6.45, 7) is 2.96. The number of nitrogens with zero attached hydrogens (tertiary/aromatic N) is 1. The Kier molecular flexibility index (Phi) is 2.60. The molecule has 3 nitrogen and oxygen atoms in total. The van der Waals surface area contributed by atoms with Crippen LogP contribution in [0.15, 0.2) is 18.2 Å². The molecule has 1 unspecified atom stereocenters. The van der Waals surface area contributed by atoms with Gasteiger partial charge >= 0.3 is 6.18 Å². The van der Waals surface area contributed by atoms with Crippen molar-refractivity contribution in [2.75, 3.05) is 13.1 Å². The minimum atomic E-state index is -4.49. The molecule has 6 heteroatoms. The SMILES string of the molecule is C[C@H]1CNCC2c3cccc(C(F)(F)F)c3C(=O)N21. The topological polar surface area (TPSA) is 32.3 Å². The maximum Gasteiger partial charge on any atom is 0.417 e. The number of carbonyl (C=O) groups excluding carboxylic acids is 1. The second-order valence-electron chi connectivity index (χ2n) is 5.00. The quantitative estimate of drug-likeness (QED) is 0.783. The number of nitrogens with one attached hydrogen (secondary N) is 1. The number of benzene rings is 1. The highest BCUT2D eigenvalue weighted by Gasteiger charge is 2.46. The van der Waals surface area contributed by atoms with E-state index in [2.05, 4.69) is 5.32 Å². The van der Waals surface area contributed by atoms with E-state index in [9.17, 15) is 18.0 Å². The van der Waals surface area contributed by atoms with Crippen molar-refractivity contribution in [2.24, 2.45) is 0 Å². The number of rotatable bonds is 0. The molecule has 3 rings (SSSR count). The zero-order valence-electron chi connectivity index (χ0n) is 10.3. The molecule has 2 aliphatic heterocycles. The van der Waals surface area contributed by atoms with E-state index >= 15 is 0 Å². The Balaban J connectivity index is 2.17. The Hall–Kier alpha value is -1.56. The summed E-state index contributed by atoms with van der Waals surface area (Å²) >= 11 is 0. The Bertz CT molecular complexity index is 541. The van der Waals surface area contributed by atoms with Gasteiger partial charge in [-0.3, -0.25) is 4.79 Å². The first-order chi connectivity index (χ1) is 8.91. The predicted octanol–water partition coefficient (Wildman–Crippen LogP) is 2.19. The third kappa shape index (κ3) is 1.74. The summed E-state index contributed by atoms with van der Waals surface area (Å²) in [5, 5.41) is 3.15. The van der Waals surface area contributed by atoms with Crippen molar-refractivity contribution in [1.82, 2.24) is 10.2 Å². The molecule has 19 heavy (non-hydrogen) atoms. The number of piperazine rings is 1. The standard InChI is InChI=1S/C13H13F3N2O/c1-7-5-17-6-10-8-3-2-4-9(13(14,15)16)11(8)12(19)18(7)10/h2-4,7,10,17H,5-6H2,1H3/t7-,10?/m0/s1. The van der Waals surface area contributed by atoms with Gasteiger partial charge in [-0.15, -0.1) is 0 Å². The van der Waals surface area contributed by atoms with E-state index in [0.29, 0.717) is 18.7 Å². The Morgan fingerprint density at radius 1 is 1.32 bits per heavy atom. The third-order valence-corrected chi connectivity index (χ3v) is 3.80. The zero-order valence-corrected chi connectivity index (χ0v) is 10.3. The molecule has 1 fully saturated rings. The number of carbonyl (C=O) groups is 1. The molecule has 0 bridgehead atoms. The fourth-order valence-electron chi connectivity index (χ4n) is 2.99. The van der Waals surface area contributed by atoms with Crippen molar-refractivity contribution in [3.05, 3.63) is 34.9 Å². The zero-order chi connectivity index (χ0) is 13.8. The molecule has 1 N–H and O–H groups in total. The summed E-state index contributed by atoms with van der Waals surface area (Å²) in [6, 6.07) is 3.59. The highest BCUT2D eigenvalue weighted by molar-refractivity contribution is 6.01. The van der Waals surface area contributed by atoms with Gasteiger partial charge in [0.1, 0.15) is 0 Å². The minimum Gasteiger partial charge on any atom is -0.326 e. The molecule has 1 saturated heterocycles. The van der Waals surface area contributed by atoms with Crippen molar-refractivity contribution in [1.29, 1.82) is 0 Å². The second kappa shape index (κ2) is 3.96. The molecular formula is C13H13F3N2O. The maximum absolute atomic E-state index is 13.0. The summed E-state index contributed by atoms with van der Waals surface area (Å²) in [6.07, 6.45) is -4.49. The molecule has 2 atom stereocenters. The van der Waals surface area contributed by atoms with Gasteiger partial charge in [-0.1, -0.05) is 12.1 Å². The highest BCUT2D eigenvalue weighted by Crippen LogP contribution is 2.42. The summed E-state index contributed by atoms with van der Waals surface area (Å²) in [4.78, 5) is 13.9. The minimum absolute atomic E-state index is 0.0975. The second-order valence-corrected chi connectivity index (χ2v) is 5.00. The van der Waals surface area contributed by atoms with Crippen LogP contribution in [0.5, 0.6) is 0 Å². The Morgan fingerprint density at radius 2 is 2.05 bits per heavy atom. The van der Waals surface area contributed by atoms with Gasteiger partial charge in [-0.05, 0) is 18.6 Å². The van der Waals surface area contributed by atoms with Gasteiger partial charge in [-0.25, -0.2) is 0 Å². The van der Waals surface area contributed by atoms with Crippen LogP contribution in [0.25, 0.3) is 0 Å². The average Bonchev–Trinajstić information content (AvgIpc) is 2.64. The van der Waals surface area contributed by atoms with Gasteiger partial charge in [0.05, 0.1) is 17.2 Å². The van der Waals surface area contributed by atoms with Crippen molar-refractivity contribution in [2.45, 2.75) is 25.2 Å². The molecule has 2 aliphatic rings. The van der Waals surface area contributed by atoms with Crippen LogP contribution in [0.3, 0.4) is 0 Å². The lowest BCUT2D eigenvalue weighted by Gasteiger charge is -2.36. The van der Waals surface area contributed by atoms with E-state index in [-0.39, 0.29) is 17.6 Å². The van der Waals surface area contributed by atoms with Gasteiger partial charge in [0.15, 0.2) is 0 Å². The fraction of sp³-hybridized carbons (Fsp3) is 0.462. The first kappa shape index (κ1) is 12.5. The Labute approximate surface area is 108 Å². The number of hydrogen-bond donors (Lipinski definition) is 1. The normalized spacial score (nSPS) is 26.3. The summed E-state index contributed by atoms with van der Waals surface area (Å²) in [5.41, 5.74) is -0.508. The van der Waals surface area contributed by atoms with Crippen LogP contribution in [-0.2, 0) is 6.18 Å². The number of halogens is 3. The lowest BCUT2D eigenvalue weighted by Crippen LogP contribution is -2.50. The van der Waals surface area contributed by atoms with E-state index in [0.717, 1.165) is 6.07 Å². The predicted molar refractivity (Wildman–Crippen MR) is 62.7 cm³/mol. The number of alkyl halides is 3. The molecule has 1 aromatic carbocycles. The molecule has 102 valence electrons. The van der Waals surface area contributed by atoms with Crippen LogP contribution in [0.2, 0.25) is 0 Å². The van der Waals surface area contributed by atoms with E-state index in [4.69, 9.17) is 0 Å². The van der Waals surface area contributed by atoms with Gasteiger partial charge in [-0.2, -0.15) is 13.2 Å². The lowest BCUT2D eigenvalue weighted by molar-refractivity contribution is -0.137. The van der Waals surface area contributed by atoms with Crippen LogP contribution < -0.4 is 5.32 Å². The van der Waals surface area contributed by atoms with Crippen LogP contribution >= 0.6 is 0 Å². The average molecular weight is 270 g/mol. The maximum atomic E-state index is 13.0. The number of hydrogen-bond acceptors (Lipinski definition) is 2. The smallest absolute Gasteiger partial charge is 0.326 e.